The highest BCUT2D eigenvalue weighted by Crippen LogP contribution is 2.29. The molecular formula is C34H41N5O6. The van der Waals surface area contributed by atoms with Gasteiger partial charge in [-0.25, -0.2) is 14.8 Å². The number of benzene rings is 3. The molecule has 0 aromatic heterocycles. The second-order valence-corrected chi connectivity index (χ2v) is 11.1. The van der Waals surface area contributed by atoms with E-state index in [4.69, 9.17) is 4.74 Å². The van der Waals surface area contributed by atoms with E-state index in [-0.39, 0.29) is 19.0 Å². The second kappa shape index (κ2) is 15.2. The number of ether oxygens (including phenoxy) is 1. The summed E-state index contributed by atoms with van der Waals surface area (Å²) in [4.78, 5) is 55.3. The maximum absolute atomic E-state index is 13.9. The van der Waals surface area contributed by atoms with Crippen LogP contribution in [0.2, 0.25) is 0 Å². The molecule has 2 N–H and O–H groups in total. The van der Waals surface area contributed by atoms with Gasteiger partial charge in [-0.3, -0.25) is 14.4 Å². The largest absolute Gasteiger partial charge is 0.497 e. The number of carboxylic acids is 1. The van der Waals surface area contributed by atoms with Gasteiger partial charge in [0.05, 0.1) is 20.1 Å². The number of carbonyl (C=O) groups is 4. The number of aliphatic carboxylic acids is 1. The lowest BCUT2D eigenvalue weighted by Crippen LogP contribution is -2.69. The molecule has 1 aliphatic heterocycles. The van der Waals surface area contributed by atoms with Gasteiger partial charge in [-0.05, 0) is 42.2 Å². The number of carbonyl (C=O) groups excluding carboxylic acids is 3. The molecule has 0 unspecified atom stereocenters. The Morgan fingerprint density at radius 2 is 1.56 bits per heavy atom. The Morgan fingerprint density at radius 3 is 2.09 bits per heavy atom. The molecule has 0 spiro atoms. The summed E-state index contributed by atoms with van der Waals surface area (Å²) in [5, 5.41) is 15.5. The predicted octanol–water partition coefficient (Wildman–Crippen LogP) is 3.77. The van der Waals surface area contributed by atoms with E-state index in [2.05, 4.69) is 5.32 Å². The fraction of sp³-hybridized carbons (Fsp3) is 0.353. The average molecular weight is 616 g/mol. The molecule has 11 heteroatoms. The molecule has 3 aromatic rings. The van der Waals surface area contributed by atoms with E-state index in [1.807, 2.05) is 72.8 Å². The van der Waals surface area contributed by atoms with Crippen LogP contribution < -0.4 is 10.1 Å². The third kappa shape index (κ3) is 8.18. The zero-order valence-corrected chi connectivity index (χ0v) is 26.1. The summed E-state index contributed by atoms with van der Waals surface area (Å²) in [6.45, 7) is 1.96. The highest BCUT2D eigenvalue weighted by Gasteiger charge is 2.44. The van der Waals surface area contributed by atoms with Crippen LogP contribution in [0.25, 0.3) is 0 Å². The zero-order chi connectivity index (χ0) is 32.5. The lowest BCUT2D eigenvalue weighted by molar-refractivity contribution is -0.173. The molecule has 3 aromatic carbocycles. The maximum Gasteiger partial charge on any atom is 0.334 e. The van der Waals surface area contributed by atoms with Crippen molar-refractivity contribution in [3.05, 3.63) is 102 Å². The van der Waals surface area contributed by atoms with E-state index in [9.17, 15) is 24.3 Å². The van der Waals surface area contributed by atoms with Crippen LogP contribution >= 0.6 is 0 Å². The first-order chi connectivity index (χ1) is 21.6. The number of carboxylic acid groups (broad SMARTS) is 1. The number of likely N-dealkylation sites (N-methyl/N-ethyl adjacent to an activating group) is 2. The minimum absolute atomic E-state index is 0.00894. The van der Waals surface area contributed by atoms with Gasteiger partial charge in [-0.1, -0.05) is 72.8 Å². The van der Waals surface area contributed by atoms with Crippen molar-refractivity contribution in [1.82, 2.24) is 25.1 Å². The standard InChI is InChI=1S/C34H41N5O6/c1-24-38(31(40)23-37(3)39(24)34(44)35-22-25-15-17-28(45-4)18-16-25)30(21-32(41)42)33(43)36(2)20-19-29(26-11-7-5-8-12-26)27-13-9-6-10-14-27/h5-18,24,29-30H,19-23H2,1-4H3,(H,35,44)(H,41,42)/t24-,30-/m0/s1. The van der Waals surface area contributed by atoms with E-state index < -0.39 is 42.4 Å². The van der Waals surface area contributed by atoms with E-state index in [0.717, 1.165) is 16.7 Å². The number of hydrogen-bond donors (Lipinski definition) is 2. The molecule has 1 saturated heterocycles. The number of hydrazine groups is 1. The lowest BCUT2D eigenvalue weighted by Gasteiger charge is -2.48. The molecule has 4 rings (SSSR count). The highest BCUT2D eigenvalue weighted by atomic mass is 16.5. The van der Waals surface area contributed by atoms with Gasteiger partial charge in [-0.15, -0.1) is 0 Å². The van der Waals surface area contributed by atoms with Crippen molar-refractivity contribution < 1.29 is 29.0 Å². The molecule has 1 aliphatic rings. The van der Waals surface area contributed by atoms with E-state index in [1.165, 1.54) is 19.8 Å². The Hall–Kier alpha value is -4.90. The van der Waals surface area contributed by atoms with E-state index in [0.29, 0.717) is 18.7 Å². The summed E-state index contributed by atoms with van der Waals surface area (Å²) >= 11 is 0. The topological polar surface area (TPSA) is 123 Å². The first-order valence-corrected chi connectivity index (χ1v) is 14.9. The Morgan fingerprint density at radius 1 is 0.978 bits per heavy atom. The molecule has 4 amide bonds. The number of methoxy groups -OCH3 is 1. The SMILES string of the molecule is COc1ccc(CNC(=O)N2[C@@H](C)N([C@@H](CC(=O)O)C(=O)N(C)CCC(c3ccccc3)c3ccccc3)C(=O)CN2C)cc1. The molecule has 11 nitrogen and oxygen atoms in total. The number of nitrogens with one attached hydrogen (secondary N) is 1. The summed E-state index contributed by atoms with van der Waals surface area (Å²) in [5.41, 5.74) is 3.05. The normalized spacial score (nSPS) is 15.9. The minimum Gasteiger partial charge on any atom is -0.497 e. The van der Waals surface area contributed by atoms with E-state index in [1.54, 1.807) is 40.3 Å². The molecule has 2 atom stereocenters. The van der Waals surface area contributed by atoms with Crippen LogP contribution in [0.3, 0.4) is 0 Å². The van der Waals surface area contributed by atoms with Crippen LogP contribution in [0.15, 0.2) is 84.9 Å². The number of amides is 4. The van der Waals surface area contributed by atoms with Crippen molar-refractivity contribution in [3.63, 3.8) is 0 Å². The van der Waals surface area contributed by atoms with Crippen LogP contribution in [0.5, 0.6) is 5.75 Å². The fourth-order valence-corrected chi connectivity index (χ4v) is 5.78. The van der Waals surface area contributed by atoms with Gasteiger partial charge in [0.15, 0.2) is 0 Å². The van der Waals surface area contributed by atoms with Crippen LogP contribution in [0.1, 0.15) is 42.4 Å². The third-order valence-electron chi connectivity index (χ3n) is 8.11. The van der Waals surface area contributed by atoms with Gasteiger partial charge in [0.2, 0.25) is 11.8 Å². The third-order valence-corrected chi connectivity index (χ3v) is 8.11. The summed E-state index contributed by atoms with van der Waals surface area (Å²) in [5.74, 6) is -1.46. The van der Waals surface area contributed by atoms with Crippen molar-refractivity contribution >= 4 is 23.8 Å². The monoisotopic (exact) mass is 615 g/mol. The quantitative estimate of drug-likeness (QED) is 0.318. The Kier molecular flexibility index (Phi) is 11.2. The molecule has 1 heterocycles. The molecule has 45 heavy (non-hydrogen) atoms. The molecule has 0 aliphatic carbocycles. The number of urea groups is 1. The smallest absolute Gasteiger partial charge is 0.334 e. The van der Waals surface area contributed by atoms with Gasteiger partial charge in [0.1, 0.15) is 18.0 Å². The summed E-state index contributed by atoms with van der Waals surface area (Å²) in [6, 6.07) is 25.4. The highest BCUT2D eigenvalue weighted by molar-refractivity contribution is 5.92. The second-order valence-electron chi connectivity index (χ2n) is 11.1. The minimum atomic E-state index is -1.30. The molecule has 0 radical (unpaired) electrons. The summed E-state index contributed by atoms with van der Waals surface area (Å²) in [6.07, 6.45) is -0.928. The summed E-state index contributed by atoms with van der Waals surface area (Å²) in [7, 11) is 4.80. The van der Waals surface area contributed by atoms with Crippen LogP contribution in [-0.2, 0) is 20.9 Å². The molecular weight excluding hydrogens is 574 g/mol. The Balaban J connectivity index is 1.50. The predicted molar refractivity (Wildman–Crippen MR) is 169 cm³/mol. The van der Waals surface area contributed by atoms with E-state index >= 15 is 0 Å². The molecule has 238 valence electrons. The average Bonchev–Trinajstić information content (AvgIpc) is 3.03. The van der Waals surface area contributed by atoms with Crippen LogP contribution in [0, 0.1) is 0 Å². The van der Waals surface area contributed by atoms with Crippen molar-refractivity contribution in [3.8, 4) is 5.75 Å². The number of hydrogen-bond acceptors (Lipinski definition) is 6. The lowest BCUT2D eigenvalue weighted by atomic mass is 9.88. The Bertz CT molecular complexity index is 1410. The molecule has 1 fully saturated rings. The van der Waals surface area contributed by atoms with Crippen LogP contribution in [-0.4, -0.2) is 95.2 Å². The van der Waals surface area contributed by atoms with Crippen molar-refractivity contribution in [2.75, 3.05) is 34.3 Å². The van der Waals surface area contributed by atoms with Gasteiger partial charge < -0.3 is 25.0 Å². The van der Waals surface area contributed by atoms with Crippen LogP contribution in [0.4, 0.5) is 4.79 Å². The zero-order valence-electron chi connectivity index (χ0n) is 26.1. The number of nitrogens with zero attached hydrogens (tertiary/aromatic N) is 4. The molecule has 0 bridgehead atoms. The first-order valence-electron chi connectivity index (χ1n) is 14.9. The van der Waals surface area contributed by atoms with Gasteiger partial charge in [0.25, 0.3) is 0 Å². The summed E-state index contributed by atoms with van der Waals surface area (Å²) < 4.78 is 5.18. The van der Waals surface area contributed by atoms with Gasteiger partial charge >= 0.3 is 12.0 Å². The first kappa shape index (κ1) is 33.0. The molecule has 0 saturated carbocycles. The van der Waals surface area contributed by atoms with Crippen molar-refractivity contribution in [2.45, 2.75) is 44.4 Å². The van der Waals surface area contributed by atoms with Crippen molar-refractivity contribution in [2.24, 2.45) is 0 Å². The van der Waals surface area contributed by atoms with Gasteiger partial charge in [-0.2, -0.15) is 0 Å². The Labute approximate surface area is 263 Å². The maximum atomic E-state index is 13.9. The number of rotatable bonds is 12. The van der Waals surface area contributed by atoms with Gasteiger partial charge in [0, 0.05) is 33.1 Å². The fourth-order valence-electron chi connectivity index (χ4n) is 5.78. The van der Waals surface area contributed by atoms with Crippen molar-refractivity contribution in [1.29, 1.82) is 0 Å².